The zero-order valence-corrected chi connectivity index (χ0v) is 23.7. The number of rotatable bonds is 11. The second kappa shape index (κ2) is 12.9. The van der Waals surface area contributed by atoms with Crippen molar-refractivity contribution < 1.29 is 18.0 Å². The maximum atomic E-state index is 13.9. The maximum absolute atomic E-state index is 13.9. The van der Waals surface area contributed by atoms with E-state index in [1.807, 2.05) is 44.2 Å². The van der Waals surface area contributed by atoms with Crippen LogP contribution in [0.1, 0.15) is 38.3 Å². The number of amides is 2. The van der Waals surface area contributed by atoms with Crippen LogP contribution in [0.3, 0.4) is 0 Å². The highest BCUT2D eigenvalue weighted by Gasteiger charge is 2.33. The van der Waals surface area contributed by atoms with Crippen molar-refractivity contribution in [1.29, 1.82) is 0 Å². The summed E-state index contributed by atoms with van der Waals surface area (Å²) >= 11 is 6.34. The van der Waals surface area contributed by atoms with Gasteiger partial charge < -0.3 is 10.2 Å². The second-order valence-electron chi connectivity index (χ2n) is 9.21. The average molecular weight is 556 g/mol. The molecule has 0 saturated heterocycles. The molecule has 0 aliphatic rings. The van der Waals surface area contributed by atoms with Gasteiger partial charge >= 0.3 is 0 Å². The third-order valence-electron chi connectivity index (χ3n) is 6.48. The molecule has 3 rings (SSSR count). The number of sulfonamides is 1. The highest BCUT2D eigenvalue weighted by molar-refractivity contribution is 7.92. The molecular formula is C29H34ClN3O4S. The Morgan fingerprint density at radius 1 is 0.921 bits per heavy atom. The molecule has 9 heteroatoms. The lowest BCUT2D eigenvalue weighted by Crippen LogP contribution is -2.52. The summed E-state index contributed by atoms with van der Waals surface area (Å²) in [5.41, 5.74) is 1.64. The molecule has 2 unspecified atom stereocenters. The zero-order valence-electron chi connectivity index (χ0n) is 22.1. The Bertz CT molecular complexity index is 1350. The predicted molar refractivity (Wildman–Crippen MR) is 152 cm³/mol. The van der Waals surface area contributed by atoms with Gasteiger partial charge in [-0.25, -0.2) is 8.42 Å². The van der Waals surface area contributed by atoms with E-state index in [4.69, 9.17) is 11.6 Å². The van der Waals surface area contributed by atoms with Crippen molar-refractivity contribution in [2.45, 2.75) is 57.6 Å². The Morgan fingerprint density at radius 2 is 1.53 bits per heavy atom. The fourth-order valence-corrected chi connectivity index (χ4v) is 5.59. The first-order valence-corrected chi connectivity index (χ1v) is 14.3. The van der Waals surface area contributed by atoms with Crippen LogP contribution >= 0.6 is 11.6 Å². The van der Waals surface area contributed by atoms with Gasteiger partial charge in [0.05, 0.1) is 10.6 Å². The van der Waals surface area contributed by atoms with Crippen molar-refractivity contribution in [3.63, 3.8) is 0 Å². The van der Waals surface area contributed by atoms with E-state index in [0.717, 1.165) is 16.3 Å². The molecule has 0 radical (unpaired) electrons. The quantitative estimate of drug-likeness (QED) is 0.353. The van der Waals surface area contributed by atoms with E-state index in [-0.39, 0.29) is 23.4 Å². The molecule has 0 heterocycles. The summed E-state index contributed by atoms with van der Waals surface area (Å²) in [6.07, 6.45) is 0.738. The molecule has 202 valence electrons. The van der Waals surface area contributed by atoms with Crippen LogP contribution in [0.4, 0.5) is 5.69 Å². The van der Waals surface area contributed by atoms with E-state index in [0.29, 0.717) is 16.3 Å². The monoisotopic (exact) mass is 555 g/mol. The minimum Gasteiger partial charge on any atom is -0.352 e. The number of carbonyl (C=O) groups is 2. The molecule has 0 aromatic heterocycles. The summed E-state index contributed by atoms with van der Waals surface area (Å²) in [6.45, 7) is 6.85. The van der Waals surface area contributed by atoms with Crippen LogP contribution in [0.15, 0.2) is 83.8 Å². The Balaban J connectivity index is 2.04. The number of hydrogen-bond donors (Lipinski definition) is 1. The molecule has 2 amide bonds. The summed E-state index contributed by atoms with van der Waals surface area (Å²) in [6, 6.07) is 21.3. The van der Waals surface area contributed by atoms with E-state index < -0.39 is 28.5 Å². The van der Waals surface area contributed by atoms with E-state index in [1.54, 1.807) is 50.2 Å². The summed E-state index contributed by atoms with van der Waals surface area (Å²) in [5, 5.41) is 3.31. The highest BCUT2D eigenvalue weighted by atomic mass is 35.5. The first-order chi connectivity index (χ1) is 18.1. The molecule has 1 N–H and O–H groups in total. The van der Waals surface area contributed by atoms with Crippen molar-refractivity contribution in [3.8, 4) is 0 Å². The second-order valence-corrected chi connectivity index (χ2v) is 11.5. The number of nitrogens with one attached hydrogen (secondary N) is 1. The zero-order chi connectivity index (χ0) is 27.9. The van der Waals surface area contributed by atoms with Crippen LogP contribution in [-0.2, 0) is 26.2 Å². The van der Waals surface area contributed by atoms with Crippen molar-refractivity contribution in [2.24, 2.45) is 0 Å². The van der Waals surface area contributed by atoms with E-state index in [9.17, 15) is 18.0 Å². The Morgan fingerprint density at radius 3 is 2.13 bits per heavy atom. The lowest BCUT2D eigenvalue weighted by atomic mass is 10.1. The van der Waals surface area contributed by atoms with Crippen molar-refractivity contribution in [2.75, 3.05) is 10.8 Å². The van der Waals surface area contributed by atoms with Gasteiger partial charge in [-0.15, -0.1) is 0 Å². The van der Waals surface area contributed by atoms with Crippen LogP contribution in [0.25, 0.3) is 0 Å². The van der Waals surface area contributed by atoms with E-state index in [2.05, 4.69) is 5.32 Å². The molecular weight excluding hydrogens is 522 g/mol. The van der Waals surface area contributed by atoms with Gasteiger partial charge in [-0.2, -0.15) is 0 Å². The molecule has 0 bridgehead atoms. The lowest BCUT2D eigenvalue weighted by molar-refractivity contribution is -0.139. The third kappa shape index (κ3) is 6.94. The normalized spacial score (nSPS) is 12.9. The molecule has 7 nitrogen and oxygen atoms in total. The standard InChI is InChI=1S/C29H34ClN3O4S/c1-5-21(2)31-29(35)23(4)32(19-24-13-8-6-9-14-24)28(34)20-33(27-18-12-17-26(30)22(27)3)38(36,37)25-15-10-7-11-16-25/h6-18,21,23H,5,19-20H2,1-4H3,(H,31,35). The smallest absolute Gasteiger partial charge is 0.264 e. The molecule has 0 fully saturated rings. The molecule has 0 aliphatic heterocycles. The highest BCUT2D eigenvalue weighted by Crippen LogP contribution is 2.31. The minimum atomic E-state index is -4.14. The first kappa shape index (κ1) is 29.2. The van der Waals surface area contributed by atoms with Gasteiger partial charge in [-0.1, -0.05) is 73.1 Å². The molecule has 0 saturated carbocycles. The minimum absolute atomic E-state index is 0.0457. The number of halogens is 1. The number of carbonyl (C=O) groups excluding carboxylic acids is 2. The molecule has 0 spiro atoms. The average Bonchev–Trinajstić information content (AvgIpc) is 2.92. The van der Waals surface area contributed by atoms with Gasteiger partial charge in [0.15, 0.2) is 0 Å². The summed E-state index contributed by atoms with van der Waals surface area (Å²) < 4.78 is 28.7. The SMILES string of the molecule is CCC(C)NC(=O)C(C)N(Cc1ccccc1)C(=O)CN(c1cccc(Cl)c1C)S(=O)(=O)c1ccccc1. The largest absolute Gasteiger partial charge is 0.352 e. The Kier molecular flexibility index (Phi) is 9.94. The van der Waals surface area contributed by atoms with Crippen LogP contribution in [0, 0.1) is 6.92 Å². The van der Waals surface area contributed by atoms with E-state index in [1.165, 1.54) is 17.0 Å². The Labute approximate surface area is 230 Å². The van der Waals surface area contributed by atoms with Crippen LogP contribution in [0.2, 0.25) is 5.02 Å². The van der Waals surface area contributed by atoms with Crippen LogP contribution in [0.5, 0.6) is 0 Å². The molecule has 2 atom stereocenters. The maximum Gasteiger partial charge on any atom is 0.264 e. The number of benzene rings is 3. The summed E-state index contributed by atoms with van der Waals surface area (Å²) in [4.78, 5) is 28.4. The molecule has 3 aromatic carbocycles. The van der Waals surface area contributed by atoms with Crippen LogP contribution < -0.4 is 9.62 Å². The van der Waals surface area contributed by atoms with Crippen molar-refractivity contribution in [3.05, 3.63) is 95.0 Å². The van der Waals surface area contributed by atoms with Gasteiger partial charge in [-0.05, 0) is 62.6 Å². The number of anilines is 1. The fourth-order valence-electron chi connectivity index (χ4n) is 3.93. The molecule has 0 aliphatic carbocycles. The first-order valence-electron chi connectivity index (χ1n) is 12.5. The molecule has 3 aromatic rings. The lowest BCUT2D eigenvalue weighted by Gasteiger charge is -2.33. The van der Waals surface area contributed by atoms with Gasteiger partial charge in [0.1, 0.15) is 12.6 Å². The topological polar surface area (TPSA) is 86.8 Å². The number of nitrogens with zero attached hydrogens (tertiary/aromatic N) is 2. The van der Waals surface area contributed by atoms with Gasteiger partial charge in [-0.3, -0.25) is 13.9 Å². The van der Waals surface area contributed by atoms with Crippen LogP contribution in [-0.4, -0.2) is 43.8 Å². The summed E-state index contributed by atoms with van der Waals surface area (Å²) in [5.74, 6) is -0.820. The van der Waals surface area contributed by atoms with Gasteiger partial charge in [0.25, 0.3) is 10.0 Å². The van der Waals surface area contributed by atoms with Gasteiger partial charge in [0, 0.05) is 17.6 Å². The fraction of sp³-hybridized carbons (Fsp3) is 0.310. The predicted octanol–water partition coefficient (Wildman–Crippen LogP) is 5.18. The third-order valence-corrected chi connectivity index (χ3v) is 8.67. The van der Waals surface area contributed by atoms with Crippen molar-refractivity contribution >= 4 is 39.1 Å². The number of hydrogen-bond acceptors (Lipinski definition) is 4. The van der Waals surface area contributed by atoms with E-state index >= 15 is 0 Å². The summed E-state index contributed by atoms with van der Waals surface area (Å²) in [7, 11) is -4.14. The van der Waals surface area contributed by atoms with Crippen molar-refractivity contribution in [1.82, 2.24) is 10.2 Å². The molecule has 38 heavy (non-hydrogen) atoms. The Hall–Kier alpha value is -3.36. The van der Waals surface area contributed by atoms with Gasteiger partial charge in [0.2, 0.25) is 11.8 Å².